The molecule has 2 aliphatic heterocycles. The molecule has 0 bridgehead atoms. The van der Waals surface area contributed by atoms with E-state index in [4.69, 9.17) is 10.5 Å². The largest absolute Gasteiger partial charge is 0.369 e. The molecule has 4 rings (SSSR count). The number of piperidine rings is 1. The van der Waals surface area contributed by atoms with Crippen molar-refractivity contribution >= 4 is 11.8 Å². The Hall–Kier alpha value is -2.73. The summed E-state index contributed by atoms with van der Waals surface area (Å²) in [6.07, 6.45) is 2.94. The number of rotatable bonds is 5. The summed E-state index contributed by atoms with van der Waals surface area (Å²) in [7, 11) is 0. The van der Waals surface area contributed by atoms with Gasteiger partial charge in [0, 0.05) is 25.3 Å². The van der Waals surface area contributed by atoms with Gasteiger partial charge in [-0.15, -0.1) is 0 Å². The zero-order valence-electron chi connectivity index (χ0n) is 17.0. The van der Waals surface area contributed by atoms with E-state index in [1.165, 1.54) is 6.07 Å². The smallest absolute Gasteiger partial charge is 0.251 e. The number of benzene rings is 2. The summed E-state index contributed by atoms with van der Waals surface area (Å²) in [6, 6.07) is 14.3. The Labute approximate surface area is 176 Å². The van der Waals surface area contributed by atoms with Crippen LogP contribution in [0.3, 0.4) is 0 Å². The molecule has 2 aromatic carbocycles. The van der Waals surface area contributed by atoms with Gasteiger partial charge < -0.3 is 15.4 Å². The maximum absolute atomic E-state index is 14.0. The van der Waals surface area contributed by atoms with Gasteiger partial charge in [-0.1, -0.05) is 42.5 Å². The normalized spacial score (nSPS) is 20.8. The quantitative estimate of drug-likeness (QED) is 0.822. The van der Waals surface area contributed by atoms with E-state index in [2.05, 4.69) is 0 Å². The first-order valence-electron chi connectivity index (χ1n) is 10.5. The first kappa shape index (κ1) is 20.5. The summed E-state index contributed by atoms with van der Waals surface area (Å²) in [4.78, 5) is 26.8. The van der Waals surface area contributed by atoms with Gasteiger partial charge in [0.2, 0.25) is 5.91 Å². The van der Waals surface area contributed by atoms with Crippen molar-refractivity contribution in [2.24, 2.45) is 11.1 Å². The van der Waals surface area contributed by atoms with Gasteiger partial charge in [-0.2, -0.15) is 0 Å². The van der Waals surface area contributed by atoms with Gasteiger partial charge in [0.1, 0.15) is 11.9 Å². The molecule has 2 N–H and O–H groups in total. The van der Waals surface area contributed by atoms with Crippen LogP contribution in [0.15, 0.2) is 48.5 Å². The van der Waals surface area contributed by atoms with Gasteiger partial charge >= 0.3 is 0 Å². The molecule has 0 spiro atoms. The zero-order chi connectivity index (χ0) is 21.1. The highest BCUT2D eigenvalue weighted by atomic mass is 19.1. The zero-order valence-corrected chi connectivity index (χ0v) is 17.0. The van der Waals surface area contributed by atoms with Crippen molar-refractivity contribution in [3.05, 3.63) is 59.9 Å². The summed E-state index contributed by atoms with van der Waals surface area (Å²) in [6.45, 7) is 1.65. The number of halogens is 1. The number of nitrogens with two attached hydrogens (primary N) is 1. The number of hydrogen-bond donors (Lipinski definition) is 1. The molecule has 1 atom stereocenters. The van der Waals surface area contributed by atoms with Gasteiger partial charge in [-0.25, -0.2) is 4.39 Å². The number of carbonyl (C=O) groups is 2. The van der Waals surface area contributed by atoms with Crippen LogP contribution >= 0.6 is 0 Å². The third-order valence-corrected chi connectivity index (χ3v) is 6.44. The fourth-order valence-electron chi connectivity index (χ4n) is 4.53. The summed E-state index contributed by atoms with van der Waals surface area (Å²) in [5.74, 6) is -0.563. The first-order valence-corrected chi connectivity index (χ1v) is 10.5. The molecule has 0 aromatic heterocycles. The number of carbonyl (C=O) groups excluding carboxylic acids is 2. The highest BCUT2D eigenvalue weighted by Gasteiger charge is 2.42. The number of nitrogens with zero attached hydrogens (tertiary/aromatic N) is 1. The van der Waals surface area contributed by atoms with E-state index in [0.29, 0.717) is 44.5 Å². The van der Waals surface area contributed by atoms with Gasteiger partial charge in [0.25, 0.3) is 5.91 Å². The lowest BCUT2D eigenvalue weighted by Crippen LogP contribution is -2.51. The fraction of sp³-hybridized carbons (Fsp3) is 0.417. The Balaban J connectivity index is 1.44. The van der Waals surface area contributed by atoms with E-state index < -0.39 is 5.41 Å². The molecule has 5 nitrogen and oxygen atoms in total. The molecule has 2 saturated heterocycles. The van der Waals surface area contributed by atoms with Crippen molar-refractivity contribution in [3.63, 3.8) is 0 Å². The Morgan fingerprint density at radius 2 is 1.80 bits per heavy atom. The second kappa shape index (κ2) is 8.56. The van der Waals surface area contributed by atoms with Crippen molar-refractivity contribution in [3.8, 4) is 11.1 Å². The molecule has 6 heteroatoms. The Bertz CT molecular complexity index is 914. The number of likely N-dealkylation sites (tertiary alicyclic amines) is 1. The molecule has 0 radical (unpaired) electrons. The topological polar surface area (TPSA) is 72.6 Å². The van der Waals surface area contributed by atoms with E-state index in [-0.39, 0.29) is 23.7 Å². The van der Waals surface area contributed by atoms with Crippen LogP contribution in [0.4, 0.5) is 4.39 Å². The van der Waals surface area contributed by atoms with Gasteiger partial charge in [-0.3, -0.25) is 9.59 Å². The molecule has 2 heterocycles. The van der Waals surface area contributed by atoms with E-state index in [1.54, 1.807) is 23.1 Å². The van der Waals surface area contributed by atoms with E-state index in [0.717, 1.165) is 24.0 Å². The van der Waals surface area contributed by atoms with Gasteiger partial charge in [0.15, 0.2) is 0 Å². The molecule has 30 heavy (non-hydrogen) atoms. The molecular formula is C24H27FN2O3. The third kappa shape index (κ3) is 4.10. The van der Waals surface area contributed by atoms with Gasteiger partial charge in [-0.05, 0) is 49.3 Å². The number of amides is 2. The van der Waals surface area contributed by atoms with Crippen LogP contribution in [0.1, 0.15) is 31.2 Å². The van der Waals surface area contributed by atoms with Crippen LogP contribution in [0.5, 0.6) is 0 Å². The summed E-state index contributed by atoms with van der Waals surface area (Å²) in [5.41, 5.74) is 7.47. The van der Waals surface area contributed by atoms with E-state index >= 15 is 0 Å². The number of ether oxygens (including phenoxy) is 1. The monoisotopic (exact) mass is 410 g/mol. The molecular weight excluding hydrogens is 383 g/mol. The summed E-state index contributed by atoms with van der Waals surface area (Å²) in [5, 5.41) is 0. The molecule has 158 valence electrons. The average Bonchev–Trinajstić information content (AvgIpc) is 3.30. The standard InChI is InChI=1S/C24H27FN2O3/c25-20-5-2-1-4-19(20)18-9-7-17(8-10-18)16-24(23(26)29)11-13-27(14-12-24)22(28)21-6-3-15-30-21/h1-2,4-5,7-10,21H,3,6,11-16H2,(H2,26,29)/t21-/m1/s1. The lowest BCUT2D eigenvalue weighted by Gasteiger charge is -2.40. The van der Waals surface area contributed by atoms with Gasteiger partial charge in [0.05, 0.1) is 5.41 Å². The maximum Gasteiger partial charge on any atom is 0.251 e. The maximum atomic E-state index is 14.0. The predicted molar refractivity (Wildman–Crippen MR) is 112 cm³/mol. The second-order valence-corrected chi connectivity index (χ2v) is 8.33. The van der Waals surface area contributed by atoms with Crippen LogP contribution < -0.4 is 5.73 Å². The van der Waals surface area contributed by atoms with E-state index in [1.807, 2.05) is 24.3 Å². The first-order chi connectivity index (χ1) is 14.5. The van der Waals surface area contributed by atoms with Crippen LogP contribution in [0.2, 0.25) is 0 Å². The molecule has 2 fully saturated rings. The van der Waals surface area contributed by atoms with Crippen LogP contribution in [0, 0.1) is 11.2 Å². The van der Waals surface area contributed by atoms with Crippen LogP contribution in [0.25, 0.3) is 11.1 Å². The molecule has 0 saturated carbocycles. The average molecular weight is 410 g/mol. The molecule has 0 aliphatic carbocycles. The number of primary amides is 1. The predicted octanol–water partition coefficient (Wildman–Crippen LogP) is 3.31. The highest BCUT2D eigenvalue weighted by Crippen LogP contribution is 2.36. The molecule has 2 aliphatic rings. The minimum absolute atomic E-state index is 0.0276. The molecule has 0 unspecified atom stereocenters. The third-order valence-electron chi connectivity index (χ3n) is 6.44. The highest BCUT2D eigenvalue weighted by molar-refractivity contribution is 5.83. The minimum atomic E-state index is -0.674. The van der Waals surface area contributed by atoms with Crippen molar-refractivity contribution in [1.82, 2.24) is 4.90 Å². The van der Waals surface area contributed by atoms with Crippen molar-refractivity contribution in [1.29, 1.82) is 0 Å². The SMILES string of the molecule is NC(=O)C1(Cc2ccc(-c3ccccc3F)cc2)CCN(C(=O)[C@H]2CCCO2)CC1. The van der Waals surface area contributed by atoms with E-state index in [9.17, 15) is 14.0 Å². The lowest BCUT2D eigenvalue weighted by atomic mass is 9.73. The Kier molecular flexibility index (Phi) is 5.86. The Morgan fingerprint density at radius 1 is 1.10 bits per heavy atom. The molecule has 2 aromatic rings. The molecule has 2 amide bonds. The second-order valence-electron chi connectivity index (χ2n) is 8.33. The van der Waals surface area contributed by atoms with Crippen molar-refractivity contribution < 1.29 is 18.7 Å². The van der Waals surface area contributed by atoms with Crippen LogP contribution in [-0.2, 0) is 20.7 Å². The number of hydrogen-bond acceptors (Lipinski definition) is 3. The van der Waals surface area contributed by atoms with Crippen LogP contribution in [-0.4, -0.2) is 42.5 Å². The lowest BCUT2D eigenvalue weighted by molar-refractivity contribution is -0.146. The summed E-state index contributed by atoms with van der Waals surface area (Å²) < 4.78 is 19.5. The van der Waals surface area contributed by atoms with Crippen molar-refractivity contribution in [2.45, 2.75) is 38.2 Å². The fourth-order valence-corrected chi connectivity index (χ4v) is 4.53. The Morgan fingerprint density at radius 3 is 2.40 bits per heavy atom. The minimum Gasteiger partial charge on any atom is -0.369 e. The van der Waals surface area contributed by atoms with Crippen molar-refractivity contribution in [2.75, 3.05) is 19.7 Å². The summed E-state index contributed by atoms with van der Waals surface area (Å²) >= 11 is 0.